The minimum Gasteiger partial charge on any atom is -0.345 e. The van der Waals surface area contributed by atoms with Crippen molar-refractivity contribution in [3.05, 3.63) is 58.4 Å². The summed E-state index contributed by atoms with van der Waals surface area (Å²) >= 11 is 0. The van der Waals surface area contributed by atoms with Crippen molar-refractivity contribution in [1.29, 1.82) is 0 Å². The number of nitrogens with one attached hydrogen (secondary N) is 1. The van der Waals surface area contributed by atoms with Crippen LogP contribution < -0.4 is 5.32 Å². The molecule has 1 atom stereocenters. The monoisotopic (exact) mass is 349 g/mol. The van der Waals surface area contributed by atoms with Crippen LogP contribution >= 0.6 is 0 Å². The predicted octanol–water partition coefficient (Wildman–Crippen LogP) is 4.46. The molecule has 5 heteroatoms. The second-order valence-electron chi connectivity index (χ2n) is 7.11. The van der Waals surface area contributed by atoms with Gasteiger partial charge in [-0.1, -0.05) is 36.3 Å². The Bertz CT molecular complexity index is 955. The summed E-state index contributed by atoms with van der Waals surface area (Å²) in [5, 5.41) is 7.82. The van der Waals surface area contributed by atoms with Crippen LogP contribution in [0.2, 0.25) is 0 Å². The minimum absolute atomic E-state index is 0.0823. The molecule has 0 bridgehead atoms. The van der Waals surface area contributed by atoms with E-state index < -0.39 is 0 Å². The molecule has 2 aromatic heterocycles. The van der Waals surface area contributed by atoms with Crippen LogP contribution in [0.4, 0.5) is 0 Å². The van der Waals surface area contributed by atoms with Gasteiger partial charge in [0.05, 0.1) is 22.7 Å². The van der Waals surface area contributed by atoms with Crippen LogP contribution in [0.3, 0.4) is 0 Å². The van der Waals surface area contributed by atoms with Crippen LogP contribution in [-0.4, -0.2) is 16.0 Å². The molecule has 5 nitrogen and oxygen atoms in total. The molecule has 2 heterocycles. The molecule has 1 unspecified atom stereocenters. The minimum atomic E-state index is -0.113. The number of hydrogen-bond acceptors (Lipinski definition) is 4. The summed E-state index contributed by atoms with van der Waals surface area (Å²) in [4.78, 5) is 17.6. The van der Waals surface area contributed by atoms with Crippen LogP contribution in [0.5, 0.6) is 0 Å². The van der Waals surface area contributed by atoms with Gasteiger partial charge in [0.2, 0.25) is 0 Å². The molecule has 3 aromatic rings. The number of nitrogens with zero attached hydrogens (tertiary/aromatic N) is 2. The third-order valence-corrected chi connectivity index (χ3v) is 5.11. The third-order valence-electron chi connectivity index (χ3n) is 5.11. The maximum atomic E-state index is 13.0. The molecule has 134 valence electrons. The lowest BCUT2D eigenvalue weighted by Gasteiger charge is -2.15. The highest BCUT2D eigenvalue weighted by atomic mass is 16.5. The van der Waals surface area contributed by atoms with E-state index in [1.807, 2.05) is 19.9 Å². The molecule has 1 aliphatic carbocycles. The molecule has 1 N–H and O–H groups in total. The van der Waals surface area contributed by atoms with Gasteiger partial charge >= 0.3 is 0 Å². The zero-order valence-electron chi connectivity index (χ0n) is 15.4. The molecule has 0 spiro atoms. The van der Waals surface area contributed by atoms with E-state index in [1.165, 1.54) is 5.56 Å². The third kappa shape index (κ3) is 3.09. The number of carbonyl (C=O) groups excluding carboxylic acids is 1. The van der Waals surface area contributed by atoms with Crippen molar-refractivity contribution in [2.75, 3.05) is 0 Å². The Morgan fingerprint density at radius 3 is 2.69 bits per heavy atom. The number of fused-ring (bicyclic) bond motifs is 1. The Kier molecular flexibility index (Phi) is 4.23. The standard InChI is InChI=1S/C21H23N3O2/c1-4-14-5-7-15(8-6-14)12(2)22-20(25)17-11-18(16-9-10-16)23-21-19(17)13(3)24-26-21/h5-8,11-12,16H,4,9-10H2,1-3H3,(H,22,25). The number of pyridine rings is 1. The van der Waals surface area contributed by atoms with Crippen molar-refractivity contribution >= 4 is 17.0 Å². The summed E-state index contributed by atoms with van der Waals surface area (Å²) in [6, 6.07) is 10.2. The number of amides is 1. The van der Waals surface area contributed by atoms with Gasteiger partial charge in [-0.05, 0) is 50.3 Å². The molecule has 0 radical (unpaired) electrons. The van der Waals surface area contributed by atoms with E-state index in [4.69, 9.17) is 4.52 Å². The van der Waals surface area contributed by atoms with Gasteiger partial charge in [-0.25, -0.2) is 4.98 Å². The highest BCUT2D eigenvalue weighted by Crippen LogP contribution is 2.40. The van der Waals surface area contributed by atoms with Crippen LogP contribution in [0.25, 0.3) is 11.1 Å². The fourth-order valence-electron chi connectivity index (χ4n) is 3.28. The van der Waals surface area contributed by atoms with Crippen molar-refractivity contribution in [3.63, 3.8) is 0 Å². The lowest BCUT2D eigenvalue weighted by atomic mass is 10.0. The summed E-state index contributed by atoms with van der Waals surface area (Å²) in [6.45, 7) is 5.97. The van der Waals surface area contributed by atoms with Crippen molar-refractivity contribution in [3.8, 4) is 0 Å². The Morgan fingerprint density at radius 1 is 1.31 bits per heavy atom. The van der Waals surface area contributed by atoms with Gasteiger partial charge in [0, 0.05) is 11.6 Å². The average molecular weight is 349 g/mol. The zero-order valence-corrected chi connectivity index (χ0v) is 15.4. The summed E-state index contributed by atoms with van der Waals surface area (Å²) < 4.78 is 5.33. The number of aryl methyl sites for hydroxylation is 2. The van der Waals surface area contributed by atoms with E-state index in [9.17, 15) is 4.79 Å². The molecule has 4 rings (SSSR count). The van der Waals surface area contributed by atoms with Crippen molar-refractivity contribution in [2.45, 2.75) is 52.0 Å². The summed E-state index contributed by atoms with van der Waals surface area (Å²) in [6.07, 6.45) is 3.24. The molecule has 0 saturated heterocycles. The van der Waals surface area contributed by atoms with E-state index >= 15 is 0 Å². The van der Waals surface area contributed by atoms with Gasteiger partial charge < -0.3 is 9.84 Å². The van der Waals surface area contributed by atoms with Crippen molar-refractivity contribution in [2.24, 2.45) is 0 Å². The average Bonchev–Trinajstić information content (AvgIpc) is 3.44. The predicted molar refractivity (Wildman–Crippen MR) is 100 cm³/mol. The number of rotatable bonds is 5. The molecule has 1 saturated carbocycles. The Labute approximate surface area is 152 Å². The maximum Gasteiger partial charge on any atom is 0.259 e. The summed E-state index contributed by atoms with van der Waals surface area (Å²) in [7, 11) is 0. The van der Waals surface area contributed by atoms with E-state index in [1.54, 1.807) is 0 Å². The fraction of sp³-hybridized carbons (Fsp3) is 0.381. The highest BCUT2D eigenvalue weighted by molar-refractivity contribution is 6.06. The van der Waals surface area contributed by atoms with Gasteiger partial charge in [0.25, 0.3) is 11.6 Å². The van der Waals surface area contributed by atoms with E-state index in [2.05, 4.69) is 46.6 Å². The Balaban J connectivity index is 1.63. The van der Waals surface area contributed by atoms with E-state index in [-0.39, 0.29) is 11.9 Å². The van der Waals surface area contributed by atoms with Gasteiger partial charge in [-0.2, -0.15) is 0 Å². The molecule has 1 fully saturated rings. The first kappa shape index (κ1) is 16.8. The first-order valence-electron chi connectivity index (χ1n) is 9.23. The molecular formula is C21H23N3O2. The normalized spacial score (nSPS) is 15.2. The molecular weight excluding hydrogens is 326 g/mol. The van der Waals surface area contributed by atoms with Crippen molar-refractivity contribution < 1.29 is 9.32 Å². The molecule has 1 aliphatic rings. The molecule has 1 aromatic carbocycles. The zero-order chi connectivity index (χ0) is 18.3. The van der Waals surface area contributed by atoms with Gasteiger partial charge in [-0.3, -0.25) is 4.79 Å². The number of carbonyl (C=O) groups is 1. The van der Waals surface area contributed by atoms with Gasteiger partial charge in [0.15, 0.2) is 0 Å². The molecule has 1 amide bonds. The second kappa shape index (κ2) is 6.56. The smallest absolute Gasteiger partial charge is 0.259 e. The largest absolute Gasteiger partial charge is 0.345 e. The second-order valence-corrected chi connectivity index (χ2v) is 7.11. The van der Waals surface area contributed by atoms with Crippen LogP contribution in [0.1, 0.15) is 71.5 Å². The SMILES string of the molecule is CCc1ccc(C(C)NC(=O)c2cc(C3CC3)nc3onc(C)c23)cc1. The molecule has 26 heavy (non-hydrogen) atoms. The van der Waals surface area contributed by atoms with E-state index in [0.717, 1.165) is 30.5 Å². The lowest BCUT2D eigenvalue weighted by molar-refractivity contribution is 0.0941. The van der Waals surface area contributed by atoms with Crippen LogP contribution in [0.15, 0.2) is 34.9 Å². The van der Waals surface area contributed by atoms with Crippen LogP contribution in [0, 0.1) is 6.92 Å². The maximum absolute atomic E-state index is 13.0. The van der Waals surface area contributed by atoms with E-state index in [0.29, 0.717) is 28.3 Å². The highest BCUT2D eigenvalue weighted by Gasteiger charge is 2.29. The summed E-state index contributed by atoms with van der Waals surface area (Å²) in [5.41, 5.74) is 5.06. The fourth-order valence-corrected chi connectivity index (χ4v) is 3.28. The summed E-state index contributed by atoms with van der Waals surface area (Å²) in [5.74, 6) is 0.327. The first-order valence-corrected chi connectivity index (χ1v) is 9.23. The van der Waals surface area contributed by atoms with Gasteiger partial charge in [-0.15, -0.1) is 0 Å². The van der Waals surface area contributed by atoms with Gasteiger partial charge in [0.1, 0.15) is 0 Å². The number of benzene rings is 1. The first-order chi connectivity index (χ1) is 12.6. The Hall–Kier alpha value is -2.69. The van der Waals surface area contributed by atoms with Crippen molar-refractivity contribution in [1.82, 2.24) is 15.5 Å². The van der Waals surface area contributed by atoms with Crippen LogP contribution in [-0.2, 0) is 6.42 Å². The topological polar surface area (TPSA) is 68.0 Å². The quantitative estimate of drug-likeness (QED) is 0.738. The number of aromatic nitrogens is 2. The molecule has 0 aliphatic heterocycles. The Morgan fingerprint density at radius 2 is 2.04 bits per heavy atom. The lowest BCUT2D eigenvalue weighted by Crippen LogP contribution is -2.27. The number of hydrogen-bond donors (Lipinski definition) is 1.